The van der Waals surface area contributed by atoms with Crippen LogP contribution in [-0.2, 0) is 9.47 Å². The zero-order chi connectivity index (χ0) is 14.3. The maximum Gasteiger partial charge on any atom is 0.508 e. The van der Waals surface area contributed by atoms with Crippen LogP contribution in [0, 0.1) is 0 Å². The van der Waals surface area contributed by atoms with Crippen molar-refractivity contribution in [1.29, 1.82) is 0 Å². The minimum absolute atomic E-state index is 0.483. The third kappa shape index (κ3) is 11.1. The van der Waals surface area contributed by atoms with E-state index in [2.05, 4.69) is 0 Å². The number of ether oxygens (including phenoxy) is 2. The van der Waals surface area contributed by atoms with Crippen molar-refractivity contribution in [3.63, 3.8) is 0 Å². The van der Waals surface area contributed by atoms with Crippen LogP contribution in [-0.4, -0.2) is 19.4 Å². The molecule has 3 nitrogen and oxygen atoms in total. The molecule has 1 rings (SSSR count). The van der Waals surface area contributed by atoms with Crippen molar-refractivity contribution in [3.05, 3.63) is 0 Å². The Morgan fingerprint density at radius 2 is 0.700 bits per heavy atom. The number of cyclic esters (lactones) is 2. The van der Waals surface area contributed by atoms with Gasteiger partial charge in [0.05, 0.1) is 13.2 Å². The van der Waals surface area contributed by atoms with Crippen LogP contribution >= 0.6 is 0 Å². The first kappa shape index (κ1) is 17.3. The third-order valence-electron chi connectivity index (χ3n) is 3.98. The van der Waals surface area contributed by atoms with Gasteiger partial charge in [-0.15, -0.1) is 0 Å². The van der Waals surface area contributed by atoms with E-state index in [1.165, 1.54) is 64.2 Å². The molecule has 20 heavy (non-hydrogen) atoms. The van der Waals surface area contributed by atoms with E-state index in [-0.39, 0.29) is 0 Å². The average Bonchev–Trinajstić information content (AvgIpc) is 2.45. The standard InChI is InChI=1S/C17H32O3/c18-17-19-15-13-11-9-7-5-3-1-2-4-6-8-10-12-14-16-20-17/h1-16H2. The summed E-state index contributed by atoms with van der Waals surface area (Å²) >= 11 is 0. The first-order valence-corrected chi connectivity index (χ1v) is 8.69. The van der Waals surface area contributed by atoms with Gasteiger partial charge >= 0.3 is 6.16 Å². The van der Waals surface area contributed by atoms with Crippen molar-refractivity contribution in [1.82, 2.24) is 0 Å². The van der Waals surface area contributed by atoms with Gasteiger partial charge in [0.25, 0.3) is 0 Å². The van der Waals surface area contributed by atoms with Gasteiger partial charge in [0.15, 0.2) is 0 Å². The zero-order valence-electron chi connectivity index (χ0n) is 13.0. The van der Waals surface area contributed by atoms with Crippen molar-refractivity contribution in [3.8, 4) is 0 Å². The summed E-state index contributed by atoms with van der Waals surface area (Å²) in [6.45, 7) is 1.03. The van der Waals surface area contributed by atoms with Crippen LogP contribution in [0.1, 0.15) is 89.9 Å². The minimum Gasteiger partial charge on any atom is -0.434 e. The molecule has 1 aliphatic heterocycles. The van der Waals surface area contributed by atoms with Gasteiger partial charge in [-0.1, -0.05) is 77.0 Å². The Hall–Kier alpha value is -0.730. The monoisotopic (exact) mass is 284 g/mol. The highest BCUT2D eigenvalue weighted by atomic mass is 16.7. The van der Waals surface area contributed by atoms with Crippen molar-refractivity contribution < 1.29 is 14.3 Å². The number of rotatable bonds is 0. The SMILES string of the molecule is O=C1OCCCCCCCCCCCCCCCCO1. The van der Waals surface area contributed by atoms with Crippen LogP contribution in [0.25, 0.3) is 0 Å². The van der Waals surface area contributed by atoms with E-state index < -0.39 is 6.16 Å². The highest BCUT2D eigenvalue weighted by molar-refractivity contribution is 5.59. The van der Waals surface area contributed by atoms with Crippen molar-refractivity contribution in [2.75, 3.05) is 13.2 Å². The Labute approximate surface area is 124 Å². The molecule has 118 valence electrons. The average molecular weight is 284 g/mol. The van der Waals surface area contributed by atoms with E-state index in [0.717, 1.165) is 25.7 Å². The van der Waals surface area contributed by atoms with Crippen LogP contribution < -0.4 is 0 Å². The molecular weight excluding hydrogens is 252 g/mol. The highest BCUT2D eigenvalue weighted by Gasteiger charge is 2.03. The van der Waals surface area contributed by atoms with E-state index in [4.69, 9.17) is 9.47 Å². The second kappa shape index (κ2) is 13.3. The largest absolute Gasteiger partial charge is 0.508 e. The molecule has 0 unspecified atom stereocenters. The molecule has 0 aliphatic carbocycles. The summed E-state index contributed by atoms with van der Waals surface area (Å²) < 4.78 is 10.1. The molecule has 0 aromatic rings. The van der Waals surface area contributed by atoms with Crippen molar-refractivity contribution in [2.24, 2.45) is 0 Å². The van der Waals surface area contributed by atoms with Gasteiger partial charge in [0.1, 0.15) is 0 Å². The molecule has 1 aliphatic rings. The lowest BCUT2D eigenvalue weighted by atomic mass is 10.0. The summed E-state index contributed by atoms with van der Waals surface area (Å²) in [4.78, 5) is 11.3. The van der Waals surface area contributed by atoms with Crippen LogP contribution in [0.15, 0.2) is 0 Å². The van der Waals surface area contributed by atoms with Crippen molar-refractivity contribution >= 4 is 6.16 Å². The maximum absolute atomic E-state index is 11.3. The van der Waals surface area contributed by atoms with E-state index in [1.54, 1.807) is 0 Å². The summed E-state index contributed by atoms with van der Waals surface area (Å²) in [6, 6.07) is 0. The Morgan fingerprint density at radius 3 is 1.00 bits per heavy atom. The molecule has 1 saturated heterocycles. The lowest BCUT2D eigenvalue weighted by molar-refractivity contribution is 0.0529. The molecule has 0 amide bonds. The van der Waals surface area contributed by atoms with E-state index in [0.29, 0.717) is 13.2 Å². The van der Waals surface area contributed by atoms with E-state index >= 15 is 0 Å². The summed E-state index contributed by atoms with van der Waals surface area (Å²) in [5, 5.41) is 0. The van der Waals surface area contributed by atoms with Crippen molar-refractivity contribution in [2.45, 2.75) is 89.9 Å². The predicted octanol–water partition coefficient (Wildman–Crippen LogP) is 5.61. The first-order valence-electron chi connectivity index (χ1n) is 8.69. The van der Waals surface area contributed by atoms with Gasteiger partial charge in [-0.05, 0) is 12.8 Å². The minimum atomic E-state index is -0.483. The fourth-order valence-corrected chi connectivity index (χ4v) is 2.68. The van der Waals surface area contributed by atoms with Gasteiger partial charge in [0.2, 0.25) is 0 Å². The number of hydrogen-bond acceptors (Lipinski definition) is 3. The molecule has 0 N–H and O–H groups in total. The fourth-order valence-electron chi connectivity index (χ4n) is 2.68. The Balaban J connectivity index is 2.10. The molecule has 0 saturated carbocycles. The second-order valence-electron chi connectivity index (χ2n) is 5.90. The molecule has 0 atom stereocenters. The second-order valence-corrected chi connectivity index (χ2v) is 5.90. The molecule has 0 spiro atoms. The topological polar surface area (TPSA) is 35.5 Å². The number of carbonyl (C=O) groups excluding carboxylic acids is 1. The summed E-state index contributed by atoms with van der Waals surface area (Å²) in [7, 11) is 0. The van der Waals surface area contributed by atoms with E-state index in [1.807, 2.05) is 0 Å². The maximum atomic E-state index is 11.3. The molecule has 0 aromatic heterocycles. The normalized spacial score (nSPS) is 22.7. The molecule has 1 fully saturated rings. The van der Waals surface area contributed by atoms with Crippen LogP contribution in [0.2, 0.25) is 0 Å². The fraction of sp³-hybridized carbons (Fsp3) is 0.941. The smallest absolute Gasteiger partial charge is 0.434 e. The first-order chi connectivity index (χ1) is 9.89. The summed E-state index contributed by atoms with van der Waals surface area (Å²) in [5.74, 6) is 0. The third-order valence-corrected chi connectivity index (χ3v) is 3.98. The molecule has 3 heteroatoms. The summed E-state index contributed by atoms with van der Waals surface area (Å²) in [6.07, 6.45) is 17.3. The summed E-state index contributed by atoms with van der Waals surface area (Å²) in [5.41, 5.74) is 0. The Bertz CT molecular complexity index is 206. The quantitative estimate of drug-likeness (QED) is 0.542. The van der Waals surface area contributed by atoms with Gasteiger partial charge in [-0.25, -0.2) is 4.79 Å². The van der Waals surface area contributed by atoms with Crippen LogP contribution in [0.5, 0.6) is 0 Å². The lowest BCUT2D eigenvalue weighted by Crippen LogP contribution is -2.09. The number of carbonyl (C=O) groups is 1. The van der Waals surface area contributed by atoms with Gasteiger partial charge in [0, 0.05) is 0 Å². The molecular formula is C17H32O3. The van der Waals surface area contributed by atoms with Gasteiger partial charge in [-0.3, -0.25) is 0 Å². The predicted molar refractivity (Wildman–Crippen MR) is 81.9 cm³/mol. The number of hydrogen-bond donors (Lipinski definition) is 0. The lowest BCUT2D eigenvalue weighted by Gasteiger charge is -2.06. The Kier molecular flexibility index (Phi) is 11.5. The van der Waals surface area contributed by atoms with Gasteiger partial charge in [-0.2, -0.15) is 0 Å². The molecule has 0 bridgehead atoms. The molecule has 0 radical (unpaired) electrons. The Morgan fingerprint density at radius 1 is 0.450 bits per heavy atom. The van der Waals surface area contributed by atoms with Crippen LogP contribution in [0.4, 0.5) is 4.79 Å². The highest BCUT2D eigenvalue weighted by Crippen LogP contribution is 2.13. The van der Waals surface area contributed by atoms with Crippen LogP contribution in [0.3, 0.4) is 0 Å². The molecule has 0 aromatic carbocycles. The molecule has 1 heterocycles. The zero-order valence-corrected chi connectivity index (χ0v) is 13.0. The van der Waals surface area contributed by atoms with Gasteiger partial charge < -0.3 is 9.47 Å². The van der Waals surface area contributed by atoms with E-state index in [9.17, 15) is 4.79 Å².